The SMILES string of the molecule is Cc1nc2c(Cl)ncnc2s1. The molecule has 2 aromatic heterocycles. The van der Waals surface area contributed by atoms with Crippen molar-refractivity contribution in [3.63, 3.8) is 0 Å². The molecule has 0 saturated carbocycles. The Kier molecular flexibility index (Phi) is 1.51. The van der Waals surface area contributed by atoms with Gasteiger partial charge in [-0.2, -0.15) is 0 Å². The van der Waals surface area contributed by atoms with Crippen LogP contribution in [0.15, 0.2) is 6.33 Å². The quantitative estimate of drug-likeness (QED) is 0.590. The second-order valence-electron chi connectivity index (χ2n) is 2.05. The van der Waals surface area contributed by atoms with Gasteiger partial charge in [0.2, 0.25) is 0 Å². The van der Waals surface area contributed by atoms with Crippen molar-refractivity contribution in [1.29, 1.82) is 0 Å². The van der Waals surface area contributed by atoms with E-state index in [0.29, 0.717) is 10.7 Å². The molecule has 0 fully saturated rings. The van der Waals surface area contributed by atoms with Crippen molar-refractivity contribution in [3.8, 4) is 0 Å². The third kappa shape index (κ3) is 1.08. The highest BCUT2D eigenvalue weighted by Crippen LogP contribution is 2.23. The average molecular weight is 186 g/mol. The van der Waals surface area contributed by atoms with Gasteiger partial charge < -0.3 is 0 Å². The molecule has 0 aliphatic carbocycles. The average Bonchev–Trinajstić information content (AvgIpc) is 2.31. The number of rotatable bonds is 0. The summed E-state index contributed by atoms with van der Waals surface area (Å²) in [6.45, 7) is 1.92. The van der Waals surface area contributed by atoms with Crippen molar-refractivity contribution in [2.45, 2.75) is 6.92 Å². The lowest BCUT2D eigenvalue weighted by atomic mass is 10.6. The first-order valence-corrected chi connectivity index (χ1v) is 4.20. The molecule has 2 aromatic rings. The predicted octanol–water partition coefficient (Wildman–Crippen LogP) is 2.05. The van der Waals surface area contributed by atoms with E-state index in [1.165, 1.54) is 17.7 Å². The van der Waals surface area contributed by atoms with E-state index in [2.05, 4.69) is 15.0 Å². The molecule has 0 bridgehead atoms. The molecule has 0 atom stereocenters. The molecular weight excluding hydrogens is 182 g/mol. The standard InChI is InChI=1S/C6H4ClN3S/c1-3-10-4-5(7)8-2-9-6(4)11-3/h2H,1H3. The van der Waals surface area contributed by atoms with Gasteiger partial charge in [-0.25, -0.2) is 15.0 Å². The fourth-order valence-corrected chi connectivity index (χ4v) is 1.82. The highest BCUT2D eigenvalue weighted by molar-refractivity contribution is 7.18. The molecule has 0 aliphatic heterocycles. The minimum atomic E-state index is 0.430. The van der Waals surface area contributed by atoms with E-state index in [-0.39, 0.29) is 0 Å². The second kappa shape index (κ2) is 2.39. The Hall–Kier alpha value is -0.740. The summed E-state index contributed by atoms with van der Waals surface area (Å²) in [5.74, 6) is 0. The fourth-order valence-electron chi connectivity index (χ4n) is 0.831. The second-order valence-corrected chi connectivity index (χ2v) is 3.59. The van der Waals surface area contributed by atoms with Crippen molar-refractivity contribution >= 4 is 33.3 Å². The zero-order valence-electron chi connectivity index (χ0n) is 5.71. The summed E-state index contributed by atoms with van der Waals surface area (Å²) in [7, 11) is 0. The summed E-state index contributed by atoms with van der Waals surface area (Å²) in [5.41, 5.74) is 0.705. The van der Waals surface area contributed by atoms with Crippen molar-refractivity contribution in [1.82, 2.24) is 15.0 Å². The Morgan fingerprint density at radius 2 is 2.27 bits per heavy atom. The number of nitrogens with zero attached hydrogens (tertiary/aromatic N) is 3. The number of fused-ring (bicyclic) bond motifs is 1. The van der Waals surface area contributed by atoms with Crippen LogP contribution in [0.5, 0.6) is 0 Å². The molecular formula is C6H4ClN3S. The van der Waals surface area contributed by atoms with Gasteiger partial charge in [0.05, 0.1) is 5.01 Å². The molecule has 0 radical (unpaired) electrons. The first kappa shape index (κ1) is 6.94. The van der Waals surface area contributed by atoms with Crippen molar-refractivity contribution in [3.05, 3.63) is 16.5 Å². The minimum absolute atomic E-state index is 0.430. The van der Waals surface area contributed by atoms with E-state index in [0.717, 1.165) is 9.84 Å². The van der Waals surface area contributed by atoms with Crippen LogP contribution in [0.2, 0.25) is 5.15 Å². The van der Waals surface area contributed by atoms with Crippen molar-refractivity contribution in [2.75, 3.05) is 0 Å². The highest BCUT2D eigenvalue weighted by atomic mass is 35.5. The molecule has 2 heterocycles. The Morgan fingerprint density at radius 1 is 1.45 bits per heavy atom. The van der Waals surface area contributed by atoms with Gasteiger partial charge in [0, 0.05) is 0 Å². The monoisotopic (exact) mass is 185 g/mol. The molecule has 0 spiro atoms. The van der Waals surface area contributed by atoms with E-state index < -0.39 is 0 Å². The summed E-state index contributed by atoms with van der Waals surface area (Å²) in [4.78, 5) is 12.9. The first-order chi connectivity index (χ1) is 5.27. The van der Waals surface area contributed by atoms with Crippen LogP contribution in [-0.2, 0) is 0 Å². The maximum Gasteiger partial charge on any atom is 0.159 e. The Labute approximate surface area is 72.1 Å². The normalized spacial score (nSPS) is 10.7. The van der Waals surface area contributed by atoms with Gasteiger partial charge in [-0.15, -0.1) is 0 Å². The van der Waals surface area contributed by atoms with E-state index in [9.17, 15) is 0 Å². The molecule has 0 unspecified atom stereocenters. The van der Waals surface area contributed by atoms with Crippen LogP contribution in [0, 0.1) is 6.92 Å². The lowest BCUT2D eigenvalue weighted by Crippen LogP contribution is -1.79. The van der Waals surface area contributed by atoms with Gasteiger partial charge in [0.1, 0.15) is 16.7 Å². The smallest absolute Gasteiger partial charge is 0.159 e. The summed E-state index contributed by atoms with van der Waals surface area (Å²) < 4.78 is 0. The van der Waals surface area contributed by atoms with Gasteiger partial charge in [-0.3, -0.25) is 0 Å². The molecule has 56 valence electrons. The van der Waals surface area contributed by atoms with Crippen molar-refractivity contribution in [2.24, 2.45) is 0 Å². The predicted molar refractivity (Wildman–Crippen MR) is 45.0 cm³/mol. The highest BCUT2D eigenvalue weighted by Gasteiger charge is 2.04. The zero-order chi connectivity index (χ0) is 7.84. The molecule has 0 saturated heterocycles. The first-order valence-electron chi connectivity index (χ1n) is 3.01. The van der Waals surface area contributed by atoms with Crippen LogP contribution in [0.4, 0.5) is 0 Å². The van der Waals surface area contributed by atoms with Gasteiger partial charge >= 0.3 is 0 Å². The van der Waals surface area contributed by atoms with Crippen LogP contribution in [0.3, 0.4) is 0 Å². The van der Waals surface area contributed by atoms with Gasteiger partial charge in [-0.1, -0.05) is 22.9 Å². The summed E-state index contributed by atoms with van der Waals surface area (Å²) in [5, 5.41) is 1.39. The molecule has 3 nitrogen and oxygen atoms in total. The zero-order valence-corrected chi connectivity index (χ0v) is 7.28. The molecule has 0 amide bonds. The lowest BCUT2D eigenvalue weighted by molar-refractivity contribution is 1.21. The molecule has 5 heteroatoms. The maximum absolute atomic E-state index is 5.76. The van der Waals surface area contributed by atoms with E-state index in [1.54, 1.807) is 0 Å². The topological polar surface area (TPSA) is 38.7 Å². The Balaban J connectivity index is 2.90. The maximum atomic E-state index is 5.76. The third-order valence-corrected chi connectivity index (χ3v) is 2.41. The van der Waals surface area contributed by atoms with Gasteiger partial charge in [0.15, 0.2) is 5.15 Å². The number of aryl methyl sites for hydroxylation is 1. The number of hydrogen-bond acceptors (Lipinski definition) is 4. The van der Waals surface area contributed by atoms with Crippen LogP contribution >= 0.6 is 22.9 Å². The Morgan fingerprint density at radius 3 is 3.00 bits per heavy atom. The number of halogens is 1. The summed E-state index contributed by atoms with van der Waals surface area (Å²) in [6, 6.07) is 0. The number of aromatic nitrogens is 3. The van der Waals surface area contributed by atoms with Gasteiger partial charge in [0.25, 0.3) is 0 Å². The summed E-state index contributed by atoms with van der Waals surface area (Å²) >= 11 is 7.28. The summed E-state index contributed by atoms with van der Waals surface area (Å²) in [6.07, 6.45) is 1.45. The van der Waals surface area contributed by atoms with Crippen LogP contribution in [-0.4, -0.2) is 15.0 Å². The van der Waals surface area contributed by atoms with Crippen LogP contribution in [0.25, 0.3) is 10.3 Å². The Bertz CT molecular complexity index is 398. The van der Waals surface area contributed by atoms with E-state index in [1.807, 2.05) is 6.92 Å². The molecule has 11 heavy (non-hydrogen) atoms. The van der Waals surface area contributed by atoms with E-state index >= 15 is 0 Å². The van der Waals surface area contributed by atoms with Crippen LogP contribution in [0.1, 0.15) is 5.01 Å². The molecule has 0 aromatic carbocycles. The van der Waals surface area contributed by atoms with Crippen LogP contribution < -0.4 is 0 Å². The lowest BCUT2D eigenvalue weighted by Gasteiger charge is -1.86. The van der Waals surface area contributed by atoms with Crippen molar-refractivity contribution < 1.29 is 0 Å². The third-order valence-electron chi connectivity index (χ3n) is 1.26. The largest absolute Gasteiger partial charge is 0.237 e. The molecule has 0 aliphatic rings. The fraction of sp³-hybridized carbons (Fsp3) is 0.167. The molecule has 2 rings (SSSR count). The number of thiazole rings is 1. The molecule has 0 N–H and O–H groups in total. The number of hydrogen-bond donors (Lipinski definition) is 0. The minimum Gasteiger partial charge on any atom is -0.237 e. The van der Waals surface area contributed by atoms with E-state index in [4.69, 9.17) is 11.6 Å². The van der Waals surface area contributed by atoms with Gasteiger partial charge in [-0.05, 0) is 6.92 Å².